The van der Waals surface area contributed by atoms with Crippen molar-refractivity contribution < 1.29 is 28.6 Å². The fourth-order valence-electron chi connectivity index (χ4n) is 7.93. The summed E-state index contributed by atoms with van der Waals surface area (Å²) in [6.45, 7) is 14.8. The lowest BCUT2D eigenvalue weighted by Gasteiger charge is -2.19. The number of unbranched alkanes of at least 4 members (excludes halogenated alkanes) is 20. The standard InChI is InChI=1S/C28H57NO4.2C13H26O/c1-5-29(2)24-20-23-28(30)33-27(21-16-12-8-6-10-14-18-25-31-3)22-17-13-9-7-11-15-19-26-32-4;2*1-3-5-7-9-13(11-12-14)10-8-6-4-2/h27H,5-26H2,1-4H3;2*12-13H,3-11H2,1-2H3. The minimum absolute atomic E-state index is 0.000731. The van der Waals surface area contributed by atoms with Crippen LogP contribution in [0.4, 0.5) is 0 Å². The van der Waals surface area contributed by atoms with E-state index in [4.69, 9.17) is 14.2 Å². The maximum absolute atomic E-state index is 12.4. The average molecular weight is 868 g/mol. The molecule has 0 aromatic heterocycles. The van der Waals surface area contributed by atoms with Crippen molar-refractivity contribution in [3.63, 3.8) is 0 Å². The molecule has 0 spiro atoms. The van der Waals surface area contributed by atoms with Gasteiger partial charge < -0.3 is 28.7 Å². The molecule has 7 heteroatoms. The maximum Gasteiger partial charge on any atom is 0.306 e. The van der Waals surface area contributed by atoms with Crippen LogP contribution in [0.5, 0.6) is 0 Å². The summed E-state index contributed by atoms with van der Waals surface area (Å²) in [6, 6.07) is 0. The zero-order valence-electron chi connectivity index (χ0n) is 42.6. The second-order valence-corrected chi connectivity index (χ2v) is 18.1. The number of esters is 1. The summed E-state index contributed by atoms with van der Waals surface area (Å²) in [4.78, 5) is 35.6. The van der Waals surface area contributed by atoms with Crippen LogP contribution in [-0.2, 0) is 28.6 Å². The second-order valence-electron chi connectivity index (χ2n) is 18.1. The Morgan fingerprint density at radius 2 is 0.787 bits per heavy atom. The van der Waals surface area contributed by atoms with Gasteiger partial charge in [-0.2, -0.15) is 0 Å². The Labute approximate surface area is 382 Å². The lowest BCUT2D eigenvalue weighted by atomic mass is 9.93. The van der Waals surface area contributed by atoms with Crippen molar-refractivity contribution in [1.29, 1.82) is 0 Å². The Morgan fingerprint density at radius 3 is 1.10 bits per heavy atom. The molecule has 0 N–H and O–H groups in total. The van der Waals surface area contributed by atoms with Crippen LogP contribution in [0.15, 0.2) is 0 Å². The molecular formula is C54H109NO6. The molecule has 0 saturated carbocycles. The van der Waals surface area contributed by atoms with Crippen LogP contribution >= 0.6 is 0 Å². The Balaban J connectivity index is -0.000000984. The van der Waals surface area contributed by atoms with E-state index in [1.165, 1.54) is 193 Å². The van der Waals surface area contributed by atoms with Gasteiger partial charge in [0.1, 0.15) is 18.7 Å². The lowest BCUT2D eigenvalue weighted by Crippen LogP contribution is -2.22. The first-order chi connectivity index (χ1) is 29.8. The molecule has 0 fully saturated rings. The van der Waals surface area contributed by atoms with E-state index < -0.39 is 0 Å². The molecule has 0 heterocycles. The minimum atomic E-state index is 0.000731. The van der Waals surface area contributed by atoms with Gasteiger partial charge in [0.05, 0.1) is 0 Å². The molecular weight excluding hydrogens is 759 g/mol. The summed E-state index contributed by atoms with van der Waals surface area (Å²) in [5.74, 6) is 1.34. The van der Waals surface area contributed by atoms with Crippen LogP contribution in [0.25, 0.3) is 0 Å². The molecule has 0 atom stereocenters. The molecule has 0 amide bonds. The summed E-state index contributed by atoms with van der Waals surface area (Å²) >= 11 is 0. The molecule has 0 aromatic carbocycles. The van der Waals surface area contributed by atoms with Gasteiger partial charge in [0.15, 0.2) is 0 Å². The van der Waals surface area contributed by atoms with E-state index in [0.29, 0.717) is 18.3 Å². The zero-order valence-corrected chi connectivity index (χ0v) is 42.6. The van der Waals surface area contributed by atoms with Crippen LogP contribution in [0, 0.1) is 11.8 Å². The average Bonchev–Trinajstić information content (AvgIpc) is 3.25. The number of nitrogens with zero attached hydrogens (tertiary/aromatic N) is 1. The van der Waals surface area contributed by atoms with Gasteiger partial charge in [0.2, 0.25) is 0 Å². The number of aldehydes is 2. The highest BCUT2D eigenvalue weighted by atomic mass is 16.5. The molecule has 61 heavy (non-hydrogen) atoms. The van der Waals surface area contributed by atoms with Gasteiger partial charge in [0, 0.05) is 46.7 Å². The fourth-order valence-corrected chi connectivity index (χ4v) is 7.93. The quantitative estimate of drug-likeness (QED) is 0.0342. The molecule has 0 aliphatic rings. The largest absolute Gasteiger partial charge is 0.462 e. The SMILES string of the molecule is CCCCCC(CC=O)CCCCC.CCCCCC(CC=O)CCCCC.CCN(C)CCCC(=O)OC(CCCCCCCCCOC)CCCCCCCCCOC. The van der Waals surface area contributed by atoms with E-state index >= 15 is 0 Å². The number of hydrogen-bond donors (Lipinski definition) is 0. The van der Waals surface area contributed by atoms with E-state index in [2.05, 4.69) is 46.6 Å². The highest BCUT2D eigenvalue weighted by Gasteiger charge is 2.15. The first kappa shape index (κ1) is 64.0. The minimum Gasteiger partial charge on any atom is -0.462 e. The fraction of sp³-hybridized carbons (Fsp3) is 0.944. The Bertz CT molecular complexity index is 768. The normalized spacial score (nSPS) is 11.2. The van der Waals surface area contributed by atoms with Crippen LogP contribution in [0.1, 0.15) is 266 Å². The summed E-state index contributed by atoms with van der Waals surface area (Å²) in [6.07, 6.45) is 45.6. The highest BCUT2D eigenvalue weighted by molar-refractivity contribution is 5.69. The summed E-state index contributed by atoms with van der Waals surface area (Å²) < 4.78 is 16.1. The predicted molar refractivity (Wildman–Crippen MR) is 265 cm³/mol. The van der Waals surface area contributed by atoms with Crippen molar-refractivity contribution in [2.75, 3.05) is 47.6 Å². The van der Waals surface area contributed by atoms with Gasteiger partial charge in [0.25, 0.3) is 0 Å². The Kier molecular flexibility index (Phi) is 59.5. The third kappa shape index (κ3) is 54.8. The molecule has 0 unspecified atom stereocenters. The van der Waals surface area contributed by atoms with Gasteiger partial charge in [-0.25, -0.2) is 0 Å². The lowest BCUT2D eigenvalue weighted by molar-refractivity contribution is -0.150. The molecule has 7 nitrogen and oxygen atoms in total. The third-order valence-corrected chi connectivity index (χ3v) is 12.2. The topological polar surface area (TPSA) is 82.1 Å². The molecule has 366 valence electrons. The van der Waals surface area contributed by atoms with Gasteiger partial charge in [-0.1, -0.05) is 202 Å². The van der Waals surface area contributed by atoms with E-state index in [0.717, 1.165) is 71.0 Å². The number of carbonyl (C=O) groups excluding carboxylic acids is 3. The summed E-state index contributed by atoms with van der Waals surface area (Å²) in [5, 5.41) is 0. The van der Waals surface area contributed by atoms with Crippen molar-refractivity contribution in [3.8, 4) is 0 Å². The second kappa shape index (κ2) is 56.7. The van der Waals surface area contributed by atoms with Crippen LogP contribution in [0.3, 0.4) is 0 Å². The Morgan fingerprint density at radius 1 is 0.459 bits per heavy atom. The predicted octanol–water partition coefficient (Wildman–Crippen LogP) is 15.9. The zero-order chi connectivity index (χ0) is 45.7. The van der Waals surface area contributed by atoms with E-state index in [1.54, 1.807) is 14.2 Å². The van der Waals surface area contributed by atoms with Gasteiger partial charge in [-0.3, -0.25) is 4.79 Å². The summed E-state index contributed by atoms with van der Waals surface area (Å²) in [7, 11) is 5.65. The van der Waals surface area contributed by atoms with Gasteiger partial charge in [-0.05, 0) is 76.9 Å². The van der Waals surface area contributed by atoms with Gasteiger partial charge >= 0.3 is 5.97 Å². The number of carbonyl (C=O) groups is 3. The van der Waals surface area contributed by atoms with Crippen molar-refractivity contribution in [1.82, 2.24) is 4.90 Å². The van der Waals surface area contributed by atoms with E-state index in [1.807, 2.05) is 0 Å². The van der Waals surface area contributed by atoms with Crippen molar-refractivity contribution in [2.24, 2.45) is 11.8 Å². The smallest absolute Gasteiger partial charge is 0.306 e. The number of rotatable bonds is 46. The number of ether oxygens (including phenoxy) is 3. The van der Waals surface area contributed by atoms with Crippen molar-refractivity contribution in [3.05, 3.63) is 0 Å². The number of hydrogen-bond acceptors (Lipinski definition) is 7. The molecule has 0 aliphatic heterocycles. The van der Waals surface area contributed by atoms with E-state index in [-0.39, 0.29) is 12.1 Å². The Hall–Kier alpha value is -1.31. The molecule has 0 bridgehead atoms. The van der Waals surface area contributed by atoms with E-state index in [9.17, 15) is 14.4 Å². The maximum atomic E-state index is 12.4. The first-order valence-electron chi connectivity index (χ1n) is 26.6. The monoisotopic (exact) mass is 868 g/mol. The van der Waals surface area contributed by atoms with Gasteiger partial charge in [-0.15, -0.1) is 0 Å². The number of methoxy groups -OCH3 is 2. The molecule has 0 saturated heterocycles. The first-order valence-corrected chi connectivity index (χ1v) is 26.6. The molecule has 0 radical (unpaired) electrons. The van der Waals surface area contributed by atoms with Crippen LogP contribution < -0.4 is 0 Å². The highest BCUT2D eigenvalue weighted by Crippen LogP contribution is 2.21. The van der Waals surface area contributed by atoms with Crippen LogP contribution in [0.2, 0.25) is 0 Å². The molecule has 0 aromatic rings. The summed E-state index contributed by atoms with van der Waals surface area (Å²) in [5.41, 5.74) is 0. The van der Waals surface area contributed by atoms with Crippen LogP contribution in [-0.4, -0.2) is 77.1 Å². The van der Waals surface area contributed by atoms with Crippen molar-refractivity contribution >= 4 is 18.5 Å². The molecule has 0 rings (SSSR count). The third-order valence-electron chi connectivity index (χ3n) is 12.2. The molecule has 0 aliphatic carbocycles. The van der Waals surface area contributed by atoms with Crippen molar-refractivity contribution in [2.45, 2.75) is 272 Å².